The number of aliphatic hydroxyl groups excluding tert-OH is 2. The van der Waals surface area contributed by atoms with Crippen molar-refractivity contribution >= 4 is 11.9 Å². The molecule has 6 aliphatic carbocycles. The first-order valence-electron chi connectivity index (χ1n) is 19.3. The molecular weight excluding hydrogens is 692 g/mol. The van der Waals surface area contributed by atoms with Gasteiger partial charge in [-0.25, -0.2) is 9.59 Å². The highest BCUT2D eigenvalue weighted by Crippen LogP contribution is 2.67. The van der Waals surface area contributed by atoms with E-state index in [1.54, 1.807) is 12.2 Å². The van der Waals surface area contributed by atoms with Gasteiger partial charge >= 0.3 is 11.9 Å². The van der Waals surface area contributed by atoms with Gasteiger partial charge in [-0.05, 0) is 82.2 Å². The summed E-state index contributed by atoms with van der Waals surface area (Å²) in [5.41, 5.74) is 2.72. The molecule has 2 saturated heterocycles. The maximum atomic E-state index is 13.8. The molecule has 4 heterocycles. The molecule has 1 aromatic rings. The van der Waals surface area contributed by atoms with Crippen molar-refractivity contribution in [1.29, 1.82) is 0 Å². The molecular formula is C42H44N2O10. The average Bonchev–Trinajstić information content (AvgIpc) is 3.71. The number of rotatable bonds is 4. The minimum atomic E-state index is -2.12. The molecule has 2 unspecified atom stereocenters. The number of likely N-dealkylation sites (tertiary alicyclic amines) is 2. The summed E-state index contributed by atoms with van der Waals surface area (Å²) in [4.78, 5) is 32.4. The molecule has 2 spiro atoms. The number of carbonyl (C=O) groups is 2. The van der Waals surface area contributed by atoms with Crippen molar-refractivity contribution in [3.63, 3.8) is 0 Å². The van der Waals surface area contributed by atoms with Gasteiger partial charge in [-0.1, -0.05) is 42.5 Å². The summed E-state index contributed by atoms with van der Waals surface area (Å²) < 4.78 is 24.7. The first kappa shape index (κ1) is 33.3. The molecule has 2 saturated carbocycles. The van der Waals surface area contributed by atoms with E-state index in [9.17, 15) is 30.0 Å². The van der Waals surface area contributed by atoms with Crippen molar-refractivity contribution in [2.24, 2.45) is 22.7 Å². The quantitative estimate of drug-likeness (QED) is 0.204. The van der Waals surface area contributed by atoms with Crippen LogP contribution in [0, 0.1) is 22.7 Å². The van der Waals surface area contributed by atoms with Crippen molar-refractivity contribution in [2.45, 2.75) is 86.6 Å². The van der Waals surface area contributed by atoms with Crippen LogP contribution < -0.4 is 0 Å². The van der Waals surface area contributed by atoms with E-state index < -0.39 is 58.8 Å². The summed E-state index contributed by atoms with van der Waals surface area (Å²) in [7, 11) is 4.24. The standard InChI is InChI=1S/C42H44N2O10/c1-43-16-14-39-25-6-8-29(45)33(39)51-35-31(39)21(19-27(25)43)10-12-41(35,49)53-37(47)23-4-3-5-24(18-23)38(48)54-42(50)13-11-22-20-28-26-7-9-30(46)34-40(26,15-17-44(28)2)32(22)36(42)52-34/h3-11,18,25-30,33-34,45-46,49-50H,12-17,19-20H2,1-2H3/t25-,26-,27+,28+,29-,30-,33-,34-,39-,40-,41?,42?/m0/s1. The van der Waals surface area contributed by atoms with Gasteiger partial charge in [0.1, 0.15) is 24.4 Å². The summed E-state index contributed by atoms with van der Waals surface area (Å²) in [6.07, 6.45) is 11.5. The van der Waals surface area contributed by atoms with Gasteiger partial charge in [0.05, 0.1) is 11.1 Å². The number of piperidine rings is 2. The molecule has 0 aromatic heterocycles. The third-order valence-corrected chi connectivity index (χ3v) is 14.8. The summed E-state index contributed by atoms with van der Waals surface area (Å²) >= 11 is 0. The molecule has 12 nitrogen and oxygen atoms in total. The monoisotopic (exact) mass is 736 g/mol. The number of benzene rings is 1. The summed E-state index contributed by atoms with van der Waals surface area (Å²) in [6, 6.07) is 6.26. The Labute approximate surface area is 312 Å². The van der Waals surface area contributed by atoms with E-state index in [2.05, 4.69) is 36.0 Å². The van der Waals surface area contributed by atoms with Gasteiger partial charge in [0.15, 0.2) is 11.5 Å². The summed E-state index contributed by atoms with van der Waals surface area (Å²) in [6.45, 7) is 1.62. The van der Waals surface area contributed by atoms with Crippen LogP contribution in [0.25, 0.3) is 0 Å². The van der Waals surface area contributed by atoms with Crippen LogP contribution in [0.3, 0.4) is 0 Å². The van der Waals surface area contributed by atoms with Gasteiger partial charge < -0.3 is 49.2 Å². The number of nitrogens with zero attached hydrogens (tertiary/aromatic N) is 2. The van der Waals surface area contributed by atoms with Gasteiger partial charge in [0.2, 0.25) is 0 Å². The predicted octanol–water partition coefficient (Wildman–Crippen LogP) is 2.63. The van der Waals surface area contributed by atoms with Crippen LogP contribution in [0.15, 0.2) is 94.5 Å². The Morgan fingerprint density at radius 3 is 1.61 bits per heavy atom. The van der Waals surface area contributed by atoms with Crippen LogP contribution in [-0.2, 0) is 18.9 Å². The van der Waals surface area contributed by atoms with Crippen molar-refractivity contribution in [2.75, 3.05) is 27.2 Å². The van der Waals surface area contributed by atoms with E-state index in [0.717, 1.165) is 61.1 Å². The number of carbonyl (C=O) groups excluding carboxylic acids is 2. The Balaban J connectivity index is 0.867. The van der Waals surface area contributed by atoms with E-state index >= 15 is 0 Å². The lowest BCUT2D eigenvalue weighted by Gasteiger charge is -2.58. The Kier molecular flexibility index (Phi) is 6.68. The second-order valence-electron chi connectivity index (χ2n) is 17.2. The van der Waals surface area contributed by atoms with E-state index in [-0.39, 0.29) is 59.4 Å². The van der Waals surface area contributed by atoms with Crippen molar-refractivity contribution in [3.8, 4) is 0 Å². The lowest BCUT2D eigenvalue weighted by molar-refractivity contribution is -0.174. The van der Waals surface area contributed by atoms with E-state index in [0.29, 0.717) is 0 Å². The average molecular weight is 737 g/mol. The van der Waals surface area contributed by atoms with E-state index in [1.165, 1.54) is 24.3 Å². The van der Waals surface area contributed by atoms with Crippen molar-refractivity contribution < 1.29 is 49.0 Å². The fourth-order valence-electron chi connectivity index (χ4n) is 12.3. The molecule has 4 aliphatic heterocycles. The molecule has 11 rings (SSSR count). The molecule has 4 N–H and O–H groups in total. The fourth-order valence-corrected chi connectivity index (χ4v) is 12.3. The third-order valence-electron chi connectivity index (χ3n) is 14.8. The van der Waals surface area contributed by atoms with Crippen LogP contribution in [0.5, 0.6) is 0 Å². The maximum absolute atomic E-state index is 13.8. The lowest BCUT2D eigenvalue weighted by atomic mass is 9.51. The van der Waals surface area contributed by atoms with Crippen LogP contribution in [0.2, 0.25) is 0 Å². The summed E-state index contributed by atoms with van der Waals surface area (Å²) in [5.74, 6) is -5.45. The second-order valence-corrected chi connectivity index (χ2v) is 17.2. The molecule has 4 bridgehead atoms. The molecule has 12 heteroatoms. The van der Waals surface area contributed by atoms with Crippen LogP contribution in [-0.4, -0.2) is 117 Å². The first-order valence-corrected chi connectivity index (χ1v) is 19.3. The summed E-state index contributed by atoms with van der Waals surface area (Å²) in [5, 5.41) is 46.4. The SMILES string of the molecule is CN1CC[C@]23C4=C5O[C@H]2[C@@H](O)C=C[C@H]3[C@H]1CC4=CCC5(O)OC(=O)c1cccc(C(=O)OC2(O)CC=C3C[C@@H]4[C@@H]5C=C[C@H](O)[C@@H]6OC2=C3[C@]56CCN4C)c1. The van der Waals surface area contributed by atoms with E-state index in [4.69, 9.17) is 18.9 Å². The molecule has 1 aromatic carbocycles. The smallest absolute Gasteiger partial charge is 0.341 e. The molecule has 282 valence electrons. The maximum Gasteiger partial charge on any atom is 0.341 e. The molecule has 0 amide bonds. The third kappa shape index (κ3) is 4.03. The topological polar surface area (TPSA) is 158 Å². The van der Waals surface area contributed by atoms with Gasteiger partial charge in [0.25, 0.3) is 11.6 Å². The molecule has 0 radical (unpaired) electrons. The minimum Gasteiger partial charge on any atom is -0.483 e. The first-order chi connectivity index (χ1) is 25.9. The number of aliphatic hydroxyl groups is 4. The number of hydrogen-bond donors (Lipinski definition) is 4. The Morgan fingerprint density at radius 1 is 0.722 bits per heavy atom. The number of esters is 2. The van der Waals surface area contributed by atoms with Crippen molar-refractivity contribution in [1.82, 2.24) is 9.80 Å². The van der Waals surface area contributed by atoms with Crippen molar-refractivity contribution in [3.05, 3.63) is 106 Å². The zero-order valence-electron chi connectivity index (χ0n) is 30.2. The van der Waals surface area contributed by atoms with E-state index in [1.807, 2.05) is 12.2 Å². The van der Waals surface area contributed by atoms with Gasteiger partial charge in [-0.3, -0.25) is 0 Å². The zero-order valence-corrected chi connectivity index (χ0v) is 30.2. The zero-order chi connectivity index (χ0) is 37.1. The normalized spacial score (nSPS) is 44.8. The molecule has 10 aliphatic rings. The molecule has 4 fully saturated rings. The minimum absolute atomic E-state index is 0.00189. The highest BCUT2D eigenvalue weighted by Gasteiger charge is 2.69. The Bertz CT molecular complexity index is 1980. The van der Waals surface area contributed by atoms with Crippen LogP contribution in [0.4, 0.5) is 0 Å². The molecule has 12 atom stereocenters. The van der Waals surface area contributed by atoms with Gasteiger partial charge in [0, 0.05) is 58.7 Å². The number of hydrogen-bond acceptors (Lipinski definition) is 12. The lowest BCUT2D eigenvalue weighted by Crippen LogP contribution is -2.62. The fraction of sp³-hybridized carbons (Fsp3) is 0.524. The Hall–Kier alpha value is -4.04. The van der Waals surface area contributed by atoms with Gasteiger partial charge in [-0.15, -0.1) is 0 Å². The van der Waals surface area contributed by atoms with Gasteiger partial charge in [-0.2, -0.15) is 0 Å². The second kappa shape index (κ2) is 10.8. The predicted molar refractivity (Wildman–Crippen MR) is 190 cm³/mol. The molecule has 54 heavy (non-hydrogen) atoms. The van der Waals surface area contributed by atoms with Crippen LogP contribution in [0.1, 0.15) is 59.2 Å². The Morgan fingerprint density at radius 2 is 1.17 bits per heavy atom. The highest BCUT2D eigenvalue weighted by atomic mass is 16.7. The van der Waals surface area contributed by atoms with Crippen LogP contribution >= 0.6 is 0 Å². The highest BCUT2D eigenvalue weighted by molar-refractivity contribution is 5.95. The largest absolute Gasteiger partial charge is 0.483 e. The number of ether oxygens (including phenoxy) is 4.